The summed E-state index contributed by atoms with van der Waals surface area (Å²) in [6.07, 6.45) is 9.79. The third-order valence-electron chi connectivity index (χ3n) is 2.55. The second-order valence-electron chi connectivity index (χ2n) is 4.17. The zero-order valence-electron chi connectivity index (χ0n) is 10.9. The van der Waals surface area contributed by atoms with E-state index in [1.165, 1.54) is 32.1 Å². The summed E-state index contributed by atoms with van der Waals surface area (Å²) in [6, 6.07) is 0. The molecule has 0 aromatic rings. The van der Waals surface area contributed by atoms with E-state index < -0.39 is 10.1 Å². The van der Waals surface area contributed by atoms with Crippen LogP contribution in [0.4, 0.5) is 0 Å². The molecule has 0 N–H and O–H groups in total. The number of hydrogen-bond donors (Lipinski definition) is 1. The van der Waals surface area contributed by atoms with Crippen molar-refractivity contribution in [1.29, 1.82) is 0 Å². The molecule has 0 radical (unpaired) electrons. The second-order valence-corrected chi connectivity index (χ2v) is 6.14. The molecule has 0 unspecified atom stereocenters. The largest absolute Gasteiger partial charge is 1.00 e. The molecule has 0 spiro atoms. The van der Waals surface area contributed by atoms with Gasteiger partial charge in [0.2, 0.25) is 0 Å². The van der Waals surface area contributed by atoms with Crippen molar-refractivity contribution in [2.45, 2.75) is 57.8 Å². The standard InChI is InChI=1S/C11H24O3S2.Na/c12-16(13,14)11-9-7-5-3-1-2-4-6-8-10-15;/h15H,1-11H2,(H,12,13,14);/q;+1/p-1. The quantitative estimate of drug-likeness (QED) is 0.252. The summed E-state index contributed by atoms with van der Waals surface area (Å²) < 4.78 is 30.9. The average Bonchev–Trinajstić information content (AvgIpc) is 2.19. The predicted octanol–water partition coefficient (Wildman–Crippen LogP) is -0.0237. The fourth-order valence-electron chi connectivity index (χ4n) is 1.63. The summed E-state index contributed by atoms with van der Waals surface area (Å²) in [5.74, 6) is 0.776. The van der Waals surface area contributed by atoms with E-state index in [-0.39, 0.29) is 35.3 Å². The van der Waals surface area contributed by atoms with Crippen LogP contribution in [0, 0.1) is 0 Å². The maximum Gasteiger partial charge on any atom is 1.00 e. The van der Waals surface area contributed by atoms with Gasteiger partial charge in [-0.2, -0.15) is 12.6 Å². The maximum absolute atomic E-state index is 10.3. The molecular weight excluding hydrogens is 267 g/mol. The van der Waals surface area contributed by atoms with Crippen LogP contribution in [0.3, 0.4) is 0 Å². The van der Waals surface area contributed by atoms with Gasteiger partial charge in [0.05, 0.1) is 10.1 Å². The minimum Gasteiger partial charge on any atom is -0.748 e. The Kier molecular flexibility index (Phi) is 16.6. The third-order valence-corrected chi connectivity index (χ3v) is 3.66. The van der Waals surface area contributed by atoms with Gasteiger partial charge < -0.3 is 4.55 Å². The molecule has 0 aromatic carbocycles. The Balaban J connectivity index is 0. The van der Waals surface area contributed by atoms with Crippen molar-refractivity contribution in [3.63, 3.8) is 0 Å². The summed E-state index contributed by atoms with van der Waals surface area (Å²) in [5.41, 5.74) is 0. The van der Waals surface area contributed by atoms with Crippen LogP contribution in [0.25, 0.3) is 0 Å². The Morgan fingerprint density at radius 1 is 0.765 bits per heavy atom. The van der Waals surface area contributed by atoms with Crippen molar-refractivity contribution in [3.8, 4) is 0 Å². The number of rotatable bonds is 11. The molecule has 0 aromatic heterocycles. The van der Waals surface area contributed by atoms with Gasteiger partial charge in [0, 0.05) is 5.75 Å². The van der Waals surface area contributed by atoms with Crippen LogP contribution >= 0.6 is 12.6 Å². The smallest absolute Gasteiger partial charge is 0.748 e. The predicted molar refractivity (Wildman–Crippen MR) is 70.0 cm³/mol. The molecule has 17 heavy (non-hydrogen) atoms. The summed E-state index contributed by atoms with van der Waals surface area (Å²) in [5, 5.41) is 0. The van der Waals surface area contributed by atoms with Crippen molar-refractivity contribution in [2.75, 3.05) is 11.5 Å². The second kappa shape index (κ2) is 13.7. The van der Waals surface area contributed by atoms with Crippen LogP contribution in [0.15, 0.2) is 0 Å². The normalized spacial score (nSPS) is 11.2. The molecule has 0 heterocycles. The molecule has 98 valence electrons. The first kappa shape index (κ1) is 20.6. The Hall–Kier alpha value is 1.26. The first-order valence-electron chi connectivity index (χ1n) is 6.10. The Labute approximate surface area is 134 Å². The fourth-order valence-corrected chi connectivity index (χ4v) is 2.41. The Morgan fingerprint density at radius 2 is 1.12 bits per heavy atom. The van der Waals surface area contributed by atoms with Crippen molar-refractivity contribution in [3.05, 3.63) is 0 Å². The monoisotopic (exact) mass is 290 g/mol. The van der Waals surface area contributed by atoms with Crippen molar-refractivity contribution in [1.82, 2.24) is 0 Å². The minimum atomic E-state index is -3.99. The van der Waals surface area contributed by atoms with E-state index in [2.05, 4.69) is 12.6 Å². The van der Waals surface area contributed by atoms with Crippen LogP contribution in [-0.2, 0) is 10.1 Å². The molecule has 0 aliphatic carbocycles. The number of hydrogen-bond acceptors (Lipinski definition) is 4. The van der Waals surface area contributed by atoms with E-state index in [1.54, 1.807) is 0 Å². The van der Waals surface area contributed by atoms with Crippen molar-refractivity contribution < 1.29 is 42.5 Å². The van der Waals surface area contributed by atoms with Gasteiger partial charge in [0.15, 0.2) is 0 Å². The first-order chi connectivity index (χ1) is 7.56. The van der Waals surface area contributed by atoms with Gasteiger partial charge in [-0.15, -0.1) is 0 Å². The number of unbranched alkanes of at least 4 members (excludes halogenated alkanes) is 8. The molecule has 0 fully saturated rings. The maximum atomic E-state index is 10.3. The van der Waals surface area contributed by atoms with Crippen LogP contribution in [0.1, 0.15) is 57.8 Å². The molecule has 0 atom stereocenters. The number of thiol groups is 1. The molecule has 0 saturated heterocycles. The summed E-state index contributed by atoms with van der Waals surface area (Å²) in [6.45, 7) is 0. The van der Waals surface area contributed by atoms with E-state index in [0.717, 1.165) is 25.0 Å². The van der Waals surface area contributed by atoms with Gasteiger partial charge in [0.25, 0.3) is 0 Å². The van der Waals surface area contributed by atoms with Gasteiger partial charge in [-0.05, 0) is 18.6 Å². The molecular formula is C11H23NaO3S2. The molecule has 0 bridgehead atoms. The van der Waals surface area contributed by atoms with Crippen LogP contribution in [0.5, 0.6) is 0 Å². The molecule has 0 amide bonds. The van der Waals surface area contributed by atoms with Gasteiger partial charge in [-0.3, -0.25) is 0 Å². The van der Waals surface area contributed by atoms with E-state index in [4.69, 9.17) is 0 Å². The first-order valence-corrected chi connectivity index (χ1v) is 8.31. The minimum absolute atomic E-state index is 0. The van der Waals surface area contributed by atoms with Crippen LogP contribution in [0.2, 0.25) is 0 Å². The van der Waals surface area contributed by atoms with Crippen molar-refractivity contribution in [2.24, 2.45) is 0 Å². The average molecular weight is 290 g/mol. The molecule has 3 nitrogen and oxygen atoms in total. The van der Waals surface area contributed by atoms with E-state index >= 15 is 0 Å². The summed E-state index contributed by atoms with van der Waals surface area (Å²) >= 11 is 4.15. The van der Waals surface area contributed by atoms with Gasteiger partial charge in [-0.25, -0.2) is 8.42 Å². The van der Waals surface area contributed by atoms with Crippen LogP contribution < -0.4 is 29.6 Å². The Morgan fingerprint density at radius 3 is 1.47 bits per heavy atom. The molecule has 6 heteroatoms. The fraction of sp³-hybridized carbons (Fsp3) is 1.00. The zero-order chi connectivity index (χ0) is 12.3. The van der Waals surface area contributed by atoms with E-state index in [1.807, 2.05) is 0 Å². The zero-order valence-corrected chi connectivity index (χ0v) is 14.6. The van der Waals surface area contributed by atoms with E-state index in [9.17, 15) is 13.0 Å². The topological polar surface area (TPSA) is 57.2 Å². The molecule has 0 aliphatic heterocycles. The van der Waals surface area contributed by atoms with Crippen LogP contribution in [-0.4, -0.2) is 24.5 Å². The third kappa shape index (κ3) is 19.8. The summed E-state index contributed by atoms with van der Waals surface area (Å²) in [4.78, 5) is 0. The van der Waals surface area contributed by atoms with Gasteiger partial charge in [0.1, 0.15) is 0 Å². The van der Waals surface area contributed by atoms with Crippen molar-refractivity contribution >= 4 is 22.7 Å². The SMILES string of the molecule is O=S(=O)([O-])CCCCCCCCCCCS.[Na+]. The van der Waals surface area contributed by atoms with Gasteiger partial charge >= 0.3 is 29.6 Å². The van der Waals surface area contributed by atoms with Gasteiger partial charge in [-0.1, -0.05) is 44.9 Å². The molecule has 0 rings (SSSR count). The molecule has 0 saturated carbocycles. The summed E-state index contributed by atoms with van der Waals surface area (Å²) in [7, 11) is -3.99. The Bertz CT molecular complexity index is 243. The molecule has 0 aliphatic rings. The van der Waals surface area contributed by atoms with E-state index in [0.29, 0.717) is 6.42 Å².